The minimum Gasteiger partial charge on any atom is -0.418 e. The van der Waals surface area contributed by atoms with E-state index in [1.54, 1.807) is 24.6 Å². The van der Waals surface area contributed by atoms with E-state index in [0.717, 1.165) is 17.8 Å². The molecule has 0 aromatic heterocycles. The van der Waals surface area contributed by atoms with Crippen molar-refractivity contribution < 1.29 is 17.3 Å². The van der Waals surface area contributed by atoms with Gasteiger partial charge in [-0.25, -0.2) is 0 Å². The van der Waals surface area contributed by atoms with Crippen molar-refractivity contribution >= 4 is 14.5 Å². The van der Waals surface area contributed by atoms with E-state index in [9.17, 15) is 17.3 Å². The van der Waals surface area contributed by atoms with Crippen LogP contribution in [0.2, 0.25) is 0 Å². The number of hydrogen-bond donors (Lipinski definition) is 0. The molecule has 3 unspecified atom stereocenters. The van der Waals surface area contributed by atoms with Gasteiger partial charge in [0.1, 0.15) is 0 Å². The van der Waals surface area contributed by atoms with Gasteiger partial charge in [-0.05, 0) is 62.7 Å². The standard InChI is InChI=1S/C28H60P.BF4/c1-8-15-19-26(12-5)23-29(22-18-11-4,24-27(13-6)20-16-9-2)25-28(14-7)21-17-10-3;2-1(3,4)5/h26-28H,8-25H2,1-7H3;/q+1;-1. The van der Waals surface area contributed by atoms with Gasteiger partial charge in [0.2, 0.25) is 0 Å². The average molecular weight is 515 g/mol. The molecule has 0 aliphatic carbocycles. The maximum Gasteiger partial charge on any atom is 0.673 e. The predicted octanol–water partition coefficient (Wildman–Crippen LogP) is 11.8. The average Bonchev–Trinajstić information content (AvgIpc) is 2.79. The van der Waals surface area contributed by atoms with Crippen LogP contribution in [0.15, 0.2) is 0 Å². The summed E-state index contributed by atoms with van der Waals surface area (Å²) in [5.41, 5.74) is 0. The van der Waals surface area contributed by atoms with Crippen LogP contribution in [0.3, 0.4) is 0 Å². The zero-order valence-electron chi connectivity index (χ0n) is 24.0. The first-order chi connectivity index (χ1) is 16.0. The summed E-state index contributed by atoms with van der Waals surface area (Å²) < 4.78 is 39.0. The highest BCUT2D eigenvalue weighted by Crippen LogP contribution is 2.64. The Balaban J connectivity index is 0. The van der Waals surface area contributed by atoms with Gasteiger partial charge >= 0.3 is 7.25 Å². The SMILES string of the molecule is CCCCC(CC)C[P+](CCCC)(CC(CC)CCCC)CC(CC)CCCC.F[B-](F)(F)F. The zero-order valence-corrected chi connectivity index (χ0v) is 24.9. The summed E-state index contributed by atoms with van der Waals surface area (Å²) in [6.07, 6.45) is 26.6. The van der Waals surface area contributed by atoms with Crippen LogP contribution < -0.4 is 0 Å². The second kappa shape index (κ2) is 22.4. The van der Waals surface area contributed by atoms with Crippen molar-refractivity contribution in [1.82, 2.24) is 0 Å². The fourth-order valence-electron chi connectivity index (χ4n) is 5.39. The molecule has 0 aromatic rings. The van der Waals surface area contributed by atoms with Crippen LogP contribution in [-0.2, 0) is 0 Å². The summed E-state index contributed by atoms with van der Waals surface area (Å²) in [7, 11) is -6.85. The molecule has 3 atom stereocenters. The lowest BCUT2D eigenvalue weighted by molar-refractivity contribution is 0.368. The lowest BCUT2D eigenvalue weighted by Gasteiger charge is -2.36. The molecule has 0 rings (SSSR count). The van der Waals surface area contributed by atoms with Gasteiger partial charge in [0.25, 0.3) is 0 Å². The topological polar surface area (TPSA) is 0 Å². The summed E-state index contributed by atoms with van der Waals surface area (Å²) in [5.74, 6) is 3.02. The Morgan fingerprint density at radius 1 is 0.500 bits per heavy atom. The van der Waals surface area contributed by atoms with Gasteiger partial charge in [-0.1, -0.05) is 93.4 Å². The molecule has 0 aliphatic rings. The Kier molecular flexibility index (Phi) is 24.0. The van der Waals surface area contributed by atoms with Gasteiger partial charge in [-0.2, -0.15) is 0 Å². The van der Waals surface area contributed by atoms with Crippen molar-refractivity contribution in [2.24, 2.45) is 17.8 Å². The first kappa shape index (κ1) is 36.4. The number of unbranched alkanes of at least 4 members (excludes halogenated alkanes) is 4. The van der Waals surface area contributed by atoms with Crippen LogP contribution in [0.4, 0.5) is 17.3 Å². The molecule has 0 saturated carbocycles. The highest BCUT2D eigenvalue weighted by molar-refractivity contribution is 7.75. The number of rotatable bonds is 21. The Morgan fingerprint density at radius 2 is 0.765 bits per heavy atom. The van der Waals surface area contributed by atoms with Crippen LogP contribution in [0, 0.1) is 17.8 Å². The van der Waals surface area contributed by atoms with Crippen molar-refractivity contribution in [3.05, 3.63) is 0 Å². The third-order valence-corrected chi connectivity index (χ3v) is 12.7. The Morgan fingerprint density at radius 3 is 0.971 bits per heavy atom. The first-order valence-electron chi connectivity index (χ1n) is 14.8. The fourth-order valence-corrected chi connectivity index (χ4v) is 12.0. The van der Waals surface area contributed by atoms with E-state index in [1.165, 1.54) is 89.9 Å². The monoisotopic (exact) mass is 514 g/mol. The minimum atomic E-state index is -6.00. The predicted molar refractivity (Wildman–Crippen MR) is 151 cm³/mol. The Bertz CT molecular complexity index is 380. The van der Waals surface area contributed by atoms with E-state index < -0.39 is 14.5 Å². The summed E-state index contributed by atoms with van der Waals surface area (Å²) in [6.45, 7) is 17.0. The van der Waals surface area contributed by atoms with E-state index in [-0.39, 0.29) is 0 Å². The molecule has 0 bridgehead atoms. The zero-order chi connectivity index (χ0) is 26.5. The molecule has 0 aromatic carbocycles. The summed E-state index contributed by atoms with van der Waals surface area (Å²) in [4.78, 5) is 0. The molecular formula is C28H60BF4P. The molecule has 0 amide bonds. The van der Waals surface area contributed by atoms with Crippen molar-refractivity contribution in [2.45, 2.75) is 138 Å². The van der Waals surface area contributed by atoms with Crippen molar-refractivity contribution in [1.29, 1.82) is 0 Å². The molecule has 0 nitrogen and oxygen atoms in total. The van der Waals surface area contributed by atoms with E-state index >= 15 is 0 Å². The smallest absolute Gasteiger partial charge is 0.418 e. The molecule has 0 spiro atoms. The number of halogens is 4. The fraction of sp³-hybridized carbons (Fsp3) is 1.00. The first-order valence-corrected chi connectivity index (χ1v) is 17.3. The molecule has 208 valence electrons. The van der Waals surface area contributed by atoms with E-state index in [2.05, 4.69) is 48.5 Å². The Hall–Kier alpha value is 0.215. The van der Waals surface area contributed by atoms with Gasteiger partial charge in [0.05, 0.1) is 24.6 Å². The third kappa shape index (κ3) is 21.5. The van der Waals surface area contributed by atoms with Crippen molar-refractivity contribution in [3.63, 3.8) is 0 Å². The lowest BCUT2D eigenvalue weighted by atomic mass is 10.0. The quantitative estimate of drug-likeness (QED) is 0.0812. The van der Waals surface area contributed by atoms with Crippen molar-refractivity contribution in [3.8, 4) is 0 Å². The molecule has 6 heteroatoms. The molecule has 0 heterocycles. The summed E-state index contributed by atoms with van der Waals surface area (Å²) in [5, 5.41) is 0. The van der Waals surface area contributed by atoms with E-state index in [1.807, 2.05) is 0 Å². The molecule has 0 aliphatic heterocycles. The maximum atomic E-state index is 9.75. The molecular weight excluding hydrogens is 454 g/mol. The van der Waals surface area contributed by atoms with Gasteiger partial charge in [0.15, 0.2) is 0 Å². The highest BCUT2D eigenvalue weighted by Gasteiger charge is 2.42. The van der Waals surface area contributed by atoms with Crippen LogP contribution in [0.1, 0.15) is 138 Å². The third-order valence-electron chi connectivity index (χ3n) is 7.55. The molecule has 0 saturated heterocycles. The molecule has 0 radical (unpaired) electrons. The lowest BCUT2D eigenvalue weighted by Crippen LogP contribution is -2.25. The normalized spacial score (nSPS) is 16.3. The van der Waals surface area contributed by atoms with Crippen molar-refractivity contribution in [2.75, 3.05) is 24.6 Å². The molecule has 0 N–H and O–H groups in total. The second-order valence-electron chi connectivity index (χ2n) is 10.7. The highest BCUT2D eigenvalue weighted by atomic mass is 31.2. The minimum absolute atomic E-state index is 0.851. The van der Waals surface area contributed by atoms with Crippen LogP contribution >= 0.6 is 7.26 Å². The van der Waals surface area contributed by atoms with Gasteiger partial charge in [-0.15, -0.1) is 0 Å². The number of hydrogen-bond acceptors (Lipinski definition) is 0. The van der Waals surface area contributed by atoms with E-state index in [4.69, 9.17) is 0 Å². The Labute approximate surface area is 212 Å². The van der Waals surface area contributed by atoms with Gasteiger partial charge in [0, 0.05) is 7.26 Å². The maximum absolute atomic E-state index is 9.75. The molecule has 0 fully saturated rings. The largest absolute Gasteiger partial charge is 0.673 e. The second-order valence-corrected chi connectivity index (χ2v) is 14.9. The van der Waals surface area contributed by atoms with Crippen LogP contribution in [0.25, 0.3) is 0 Å². The van der Waals surface area contributed by atoms with Crippen LogP contribution in [0.5, 0.6) is 0 Å². The van der Waals surface area contributed by atoms with E-state index in [0.29, 0.717) is 0 Å². The summed E-state index contributed by atoms with van der Waals surface area (Å²) >= 11 is 0. The van der Waals surface area contributed by atoms with Gasteiger partial charge in [-0.3, -0.25) is 0 Å². The molecule has 34 heavy (non-hydrogen) atoms. The summed E-state index contributed by atoms with van der Waals surface area (Å²) in [6, 6.07) is 0. The van der Waals surface area contributed by atoms with Gasteiger partial charge < -0.3 is 17.3 Å². The van der Waals surface area contributed by atoms with Crippen LogP contribution in [-0.4, -0.2) is 31.9 Å².